The van der Waals surface area contributed by atoms with Crippen molar-refractivity contribution in [1.82, 2.24) is 5.01 Å². The van der Waals surface area contributed by atoms with E-state index in [1.54, 1.807) is 0 Å². The zero-order valence-electron chi connectivity index (χ0n) is 11.0. The summed E-state index contributed by atoms with van der Waals surface area (Å²) in [6.07, 6.45) is 0.642. The molecule has 1 aromatic rings. The Hall–Kier alpha value is -1.62. The van der Waals surface area contributed by atoms with Crippen LogP contribution in [-0.4, -0.2) is 36.4 Å². The zero-order chi connectivity index (χ0) is 13.2. The SMILES string of the molecule is CCN(CC)N=Nc1ccc(OCCCO)cc1. The standard InChI is InChI=1S/C13H21N3O2/c1-3-16(4-2)15-14-12-6-8-13(9-7-12)18-11-5-10-17/h6-9,17H,3-5,10-11H2,1-2H3. The molecular weight excluding hydrogens is 230 g/mol. The van der Waals surface area contributed by atoms with Crippen LogP contribution in [0.3, 0.4) is 0 Å². The second kappa shape index (κ2) is 8.47. The molecule has 1 N–H and O–H groups in total. The number of benzene rings is 1. The van der Waals surface area contributed by atoms with E-state index < -0.39 is 0 Å². The van der Waals surface area contributed by atoms with Gasteiger partial charge < -0.3 is 9.84 Å². The molecular formula is C13H21N3O2. The van der Waals surface area contributed by atoms with Crippen molar-refractivity contribution >= 4 is 5.69 Å². The summed E-state index contributed by atoms with van der Waals surface area (Å²) in [4.78, 5) is 0. The van der Waals surface area contributed by atoms with Crippen LogP contribution in [0.2, 0.25) is 0 Å². The summed E-state index contributed by atoms with van der Waals surface area (Å²) in [5, 5.41) is 18.8. The topological polar surface area (TPSA) is 57.4 Å². The maximum atomic E-state index is 8.65. The lowest BCUT2D eigenvalue weighted by Crippen LogP contribution is -2.14. The van der Waals surface area contributed by atoms with E-state index in [0.717, 1.165) is 24.5 Å². The second-order valence-electron chi connectivity index (χ2n) is 3.75. The summed E-state index contributed by atoms with van der Waals surface area (Å²) in [5.74, 6) is 0.783. The van der Waals surface area contributed by atoms with E-state index in [2.05, 4.69) is 10.3 Å². The zero-order valence-corrected chi connectivity index (χ0v) is 11.0. The van der Waals surface area contributed by atoms with Gasteiger partial charge in [0.25, 0.3) is 0 Å². The van der Waals surface area contributed by atoms with Crippen molar-refractivity contribution in [3.8, 4) is 5.75 Å². The first-order valence-electron chi connectivity index (χ1n) is 6.30. The average molecular weight is 251 g/mol. The van der Waals surface area contributed by atoms with Crippen LogP contribution in [0.25, 0.3) is 0 Å². The van der Waals surface area contributed by atoms with E-state index in [-0.39, 0.29) is 6.61 Å². The number of hydrogen-bond acceptors (Lipinski definition) is 4. The minimum Gasteiger partial charge on any atom is -0.494 e. The monoisotopic (exact) mass is 251 g/mol. The summed E-state index contributed by atoms with van der Waals surface area (Å²) in [7, 11) is 0. The Balaban J connectivity index is 2.49. The molecule has 0 radical (unpaired) electrons. The van der Waals surface area contributed by atoms with E-state index in [9.17, 15) is 0 Å². The summed E-state index contributed by atoms with van der Waals surface area (Å²) < 4.78 is 5.43. The van der Waals surface area contributed by atoms with Crippen LogP contribution >= 0.6 is 0 Å². The fraction of sp³-hybridized carbons (Fsp3) is 0.538. The van der Waals surface area contributed by atoms with Crippen LogP contribution in [0.1, 0.15) is 20.3 Å². The number of aliphatic hydroxyl groups is 1. The molecule has 0 amide bonds. The van der Waals surface area contributed by atoms with E-state index in [0.29, 0.717) is 13.0 Å². The minimum absolute atomic E-state index is 0.149. The van der Waals surface area contributed by atoms with Crippen molar-refractivity contribution < 1.29 is 9.84 Å². The van der Waals surface area contributed by atoms with Crippen LogP contribution in [0.15, 0.2) is 34.6 Å². The molecule has 1 rings (SSSR count). The molecule has 5 heteroatoms. The summed E-state index contributed by atoms with van der Waals surface area (Å²) in [6, 6.07) is 7.43. The van der Waals surface area contributed by atoms with Crippen molar-refractivity contribution in [3.63, 3.8) is 0 Å². The van der Waals surface area contributed by atoms with Gasteiger partial charge >= 0.3 is 0 Å². The first-order chi connectivity index (χ1) is 8.80. The minimum atomic E-state index is 0.149. The molecule has 0 atom stereocenters. The van der Waals surface area contributed by atoms with E-state index in [1.165, 1.54) is 0 Å². The molecule has 1 aromatic carbocycles. The molecule has 0 aliphatic rings. The van der Waals surface area contributed by atoms with Crippen molar-refractivity contribution in [2.45, 2.75) is 20.3 Å². The Labute approximate surface area is 108 Å². The van der Waals surface area contributed by atoms with Gasteiger partial charge in [-0.25, -0.2) is 0 Å². The average Bonchev–Trinajstić information content (AvgIpc) is 2.42. The molecule has 0 aliphatic carbocycles. The highest BCUT2D eigenvalue weighted by Gasteiger charge is 1.96. The normalized spacial score (nSPS) is 10.8. The maximum absolute atomic E-state index is 8.65. The Kier molecular flexibility index (Phi) is 6.79. The number of aliphatic hydroxyl groups excluding tert-OH is 1. The molecule has 18 heavy (non-hydrogen) atoms. The van der Waals surface area contributed by atoms with Gasteiger partial charge in [0, 0.05) is 26.1 Å². The van der Waals surface area contributed by atoms with Gasteiger partial charge in [-0.3, -0.25) is 5.01 Å². The van der Waals surface area contributed by atoms with Gasteiger partial charge in [-0.2, -0.15) is 0 Å². The molecule has 0 heterocycles. The van der Waals surface area contributed by atoms with Crippen LogP contribution in [0.5, 0.6) is 5.75 Å². The van der Waals surface area contributed by atoms with Crippen molar-refractivity contribution in [3.05, 3.63) is 24.3 Å². The summed E-state index contributed by atoms with van der Waals surface area (Å²) in [6.45, 7) is 6.46. The van der Waals surface area contributed by atoms with Gasteiger partial charge in [0.15, 0.2) is 0 Å². The van der Waals surface area contributed by atoms with Gasteiger partial charge in [-0.15, -0.1) is 5.11 Å². The Morgan fingerprint density at radius 1 is 1.17 bits per heavy atom. The molecule has 5 nitrogen and oxygen atoms in total. The van der Waals surface area contributed by atoms with E-state index >= 15 is 0 Å². The lowest BCUT2D eigenvalue weighted by molar-refractivity contribution is 0.233. The third-order valence-corrected chi connectivity index (χ3v) is 2.42. The van der Waals surface area contributed by atoms with E-state index in [4.69, 9.17) is 9.84 Å². The Morgan fingerprint density at radius 2 is 1.83 bits per heavy atom. The van der Waals surface area contributed by atoms with Crippen molar-refractivity contribution in [2.75, 3.05) is 26.3 Å². The highest BCUT2D eigenvalue weighted by atomic mass is 16.5. The number of ether oxygens (including phenoxy) is 1. The molecule has 0 spiro atoms. The van der Waals surface area contributed by atoms with Crippen LogP contribution < -0.4 is 4.74 Å². The summed E-state index contributed by atoms with van der Waals surface area (Å²) in [5.41, 5.74) is 0.802. The second-order valence-corrected chi connectivity index (χ2v) is 3.75. The smallest absolute Gasteiger partial charge is 0.119 e. The molecule has 0 saturated carbocycles. The van der Waals surface area contributed by atoms with Gasteiger partial charge in [0.2, 0.25) is 0 Å². The molecule has 0 fully saturated rings. The molecule has 0 unspecified atom stereocenters. The van der Waals surface area contributed by atoms with Crippen LogP contribution in [-0.2, 0) is 0 Å². The number of rotatable bonds is 8. The van der Waals surface area contributed by atoms with Gasteiger partial charge in [-0.1, -0.05) is 5.22 Å². The fourth-order valence-electron chi connectivity index (χ4n) is 1.33. The third-order valence-electron chi connectivity index (χ3n) is 2.42. The quantitative estimate of drug-likeness (QED) is 0.439. The van der Waals surface area contributed by atoms with Crippen molar-refractivity contribution in [2.24, 2.45) is 10.3 Å². The first-order valence-corrected chi connectivity index (χ1v) is 6.30. The molecule has 0 aromatic heterocycles. The summed E-state index contributed by atoms with van der Waals surface area (Å²) >= 11 is 0. The highest BCUT2D eigenvalue weighted by Crippen LogP contribution is 2.18. The molecule has 0 saturated heterocycles. The van der Waals surface area contributed by atoms with Gasteiger partial charge in [0.1, 0.15) is 5.75 Å². The van der Waals surface area contributed by atoms with E-state index in [1.807, 2.05) is 43.1 Å². The Bertz CT molecular complexity index is 348. The predicted octanol–water partition coefficient (Wildman–Crippen LogP) is 2.79. The number of hydrogen-bond donors (Lipinski definition) is 1. The third kappa shape index (κ3) is 5.14. The lowest BCUT2D eigenvalue weighted by Gasteiger charge is -2.11. The van der Waals surface area contributed by atoms with Crippen molar-refractivity contribution in [1.29, 1.82) is 0 Å². The highest BCUT2D eigenvalue weighted by molar-refractivity contribution is 5.40. The van der Waals surface area contributed by atoms with Crippen LogP contribution in [0.4, 0.5) is 5.69 Å². The van der Waals surface area contributed by atoms with Crippen LogP contribution in [0, 0.1) is 0 Å². The van der Waals surface area contributed by atoms with Gasteiger partial charge in [0.05, 0.1) is 12.3 Å². The van der Waals surface area contributed by atoms with Gasteiger partial charge in [-0.05, 0) is 38.1 Å². The maximum Gasteiger partial charge on any atom is 0.119 e. The molecule has 0 bridgehead atoms. The lowest BCUT2D eigenvalue weighted by atomic mass is 10.3. The molecule has 100 valence electrons. The Morgan fingerprint density at radius 3 is 2.39 bits per heavy atom. The number of nitrogens with zero attached hydrogens (tertiary/aromatic N) is 3. The molecule has 0 aliphatic heterocycles. The fourth-order valence-corrected chi connectivity index (χ4v) is 1.33. The first kappa shape index (κ1) is 14.4. The largest absolute Gasteiger partial charge is 0.494 e. The predicted molar refractivity (Wildman–Crippen MR) is 71.1 cm³/mol.